The van der Waals surface area contributed by atoms with Crippen LogP contribution in [0.5, 0.6) is 0 Å². The highest BCUT2D eigenvalue weighted by molar-refractivity contribution is 7.98. The van der Waals surface area contributed by atoms with Gasteiger partial charge in [-0.1, -0.05) is 20.8 Å². The molecule has 1 amide bonds. The molecule has 2 aliphatic heterocycles. The van der Waals surface area contributed by atoms with Gasteiger partial charge >= 0.3 is 11.9 Å². The molecule has 1 unspecified atom stereocenters. The third-order valence-electron chi connectivity index (χ3n) is 8.71. The Kier molecular flexibility index (Phi) is 9.72. The predicted octanol–water partition coefficient (Wildman–Crippen LogP) is 4.20. The fourth-order valence-electron chi connectivity index (χ4n) is 6.57. The van der Waals surface area contributed by atoms with Crippen molar-refractivity contribution in [3.63, 3.8) is 0 Å². The van der Waals surface area contributed by atoms with Crippen molar-refractivity contribution >= 4 is 61.4 Å². The summed E-state index contributed by atoms with van der Waals surface area (Å²) in [7, 11) is -3.71. The van der Waals surface area contributed by atoms with Crippen LogP contribution in [0, 0.1) is 11.3 Å². The molecule has 1 saturated heterocycles. The zero-order chi connectivity index (χ0) is 33.6. The van der Waals surface area contributed by atoms with Gasteiger partial charge in [-0.05, 0) is 56.7 Å². The van der Waals surface area contributed by atoms with E-state index in [0.717, 1.165) is 9.86 Å². The van der Waals surface area contributed by atoms with Gasteiger partial charge < -0.3 is 19.8 Å². The van der Waals surface area contributed by atoms with Crippen LogP contribution in [0.25, 0.3) is 10.4 Å². The number of carbonyl (C=O) groups is 3. The van der Waals surface area contributed by atoms with Crippen molar-refractivity contribution in [1.82, 2.24) is 18.6 Å². The fourth-order valence-corrected chi connectivity index (χ4v) is 10.2. The summed E-state index contributed by atoms with van der Waals surface area (Å²) in [4.78, 5) is 46.2. The van der Waals surface area contributed by atoms with Crippen LogP contribution in [0.4, 0.5) is 0 Å². The molecule has 0 bridgehead atoms. The number of aliphatic carboxylic acids is 1. The number of ether oxygens (including phenoxy) is 1. The molecule has 1 aromatic carbocycles. The Morgan fingerprint density at radius 1 is 1.20 bits per heavy atom. The van der Waals surface area contributed by atoms with Crippen LogP contribution < -0.4 is 0 Å². The second kappa shape index (κ2) is 13.1. The molecule has 12 nitrogen and oxygen atoms in total. The Hall–Kier alpha value is -3.24. The third kappa shape index (κ3) is 5.65. The van der Waals surface area contributed by atoms with Crippen LogP contribution in [0.2, 0.25) is 0 Å². The number of carboxylic acid groups (broad SMARTS) is 1. The van der Waals surface area contributed by atoms with Gasteiger partial charge in [-0.3, -0.25) is 9.20 Å². The first kappa shape index (κ1) is 34.1. The van der Waals surface area contributed by atoms with Gasteiger partial charge in [-0.15, -0.1) is 23.1 Å². The van der Waals surface area contributed by atoms with Crippen LogP contribution >= 0.6 is 23.1 Å². The van der Waals surface area contributed by atoms with E-state index in [-0.39, 0.29) is 29.2 Å². The van der Waals surface area contributed by atoms with Gasteiger partial charge in [0.2, 0.25) is 15.9 Å². The number of imidazole rings is 1. The van der Waals surface area contributed by atoms with Crippen LogP contribution in [-0.2, 0) is 24.3 Å². The molecule has 0 radical (unpaired) electrons. The Morgan fingerprint density at radius 2 is 1.85 bits per heavy atom. The number of sulfonamides is 1. The van der Waals surface area contributed by atoms with Gasteiger partial charge in [0, 0.05) is 30.3 Å². The number of esters is 1. The summed E-state index contributed by atoms with van der Waals surface area (Å²) in [6.45, 7) is 7.86. The zero-order valence-corrected chi connectivity index (χ0v) is 28.7. The van der Waals surface area contributed by atoms with Crippen molar-refractivity contribution in [3.05, 3.63) is 52.9 Å². The molecular formula is C31H38N4O8S3. The summed E-state index contributed by atoms with van der Waals surface area (Å²) < 4.78 is 35.1. The summed E-state index contributed by atoms with van der Waals surface area (Å²) in [6, 6.07) is 4.96. The molecule has 1 fully saturated rings. The maximum Gasteiger partial charge on any atom is 0.352 e. The molecule has 4 heterocycles. The number of carbonyl (C=O) groups excluding carboxylic acids is 2. The van der Waals surface area contributed by atoms with Gasteiger partial charge in [0.05, 0.1) is 40.0 Å². The minimum atomic E-state index is -3.71. The first-order valence-corrected chi connectivity index (χ1v) is 18.6. The Bertz CT molecular complexity index is 1790. The number of hydrogen-bond donors (Lipinski definition) is 2. The highest BCUT2D eigenvalue weighted by atomic mass is 32.2. The molecule has 15 heteroatoms. The molecule has 2 aliphatic rings. The van der Waals surface area contributed by atoms with E-state index in [1.165, 1.54) is 63.5 Å². The van der Waals surface area contributed by atoms with E-state index >= 15 is 0 Å². The average molecular weight is 691 g/mol. The van der Waals surface area contributed by atoms with Crippen molar-refractivity contribution in [1.29, 1.82) is 0 Å². The zero-order valence-electron chi connectivity index (χ0n) is 26.3. The molecule has 0 saturated carbocycles. The van der Waals surface area contributed by atoms with Gasteiger partial charge in [0.15, 0.2) is 0 Å². The van der Waals surface area contributed by atoms with Crippen molar-refractivity contribution in [3.8, 4) is 0 Å². The first-order chi connectivity index (χ1) is 21.8. The summed E-state index contributed by atoms with van der Waals surface area (Å²) in [5.74, 6) is -3.21. The van der Waals surface area contributed by atoms with Crippen LogP contribution in [0.1, 0.15) is 62.2 Å². The normalized spacial score (nSPS) is 22.0. The molecule has 248 valence electrons. The summed E-state index contributed by atoms with van der Waals surface area (Å²) in [5, 5.41) is 21.7. The average Bonchev–Trinajstić information content (AvgIpc) is 3.65. The topological polar surface area (TPSA) is 159 Å². The van der Waals surface area contributed by atoms with Crippen molar-refractivity contribution in [2.45, 2.75) is 69.0 Å². The number of amides is 1. The predicted molar refractivity (Wildman–Crippen MR) is 174 cm³/mol. The fraction of sp³-hybridized carbons (Fsp3) is 0.484. The lowest BCUT2D eigenvalue weighted by atomic mass is 9.65. The first-order valence-electron chi connectivity index (χ1n) is 15.1. The Morgan fingerprint density at radius 3 is 2.41 bits per heavy atom. The molecule has 5 rings (SSSR count). The number of nitrogens with zero attached hydrogens (tertiary/aromatic N) is 4. The lowest BCUT2D eigenvalue weighted by Crippen LogP contribution is -2.66. The van der Waals surface area contributed by atoms with Crippen molar-refractivity contribution < 1.29 is 37.8 Å². The maximum absolute atomic E-state index is 13.2. The molecule has 2 aromatic heterocycles. The van der Waals surface area contributed by atoms with Gasteiger partial charge in [-0.2, -0.15) is 4.31 Å². The number of carboxylic acids is 1. The second-order valence-corrected chi connectivity index (χ2v) is 15.5. The van der Waals surface area contributed by atoms with Gasteiger partial charge in [-0.25, -0.2) is 23.0 Å². The molecule has 2 N–H and O–H groups in total. The molecule has 4 atom stereocenters. The van der Waals surface area contributed by atoms with E-state index in [4.69, 9.17) is 4.74 Å². The minimum absolute atomic E-state index is 0.0898. The lowest BCUT2D eigenvalue weighted by molar-refractivity contribution is -0.167. The summed E-state index contributed by atoms with van der Waals surface area (Å²) in [6.07, 6.45) is 5.84. The monoisotopic (exact) mass is 690 g/mol. The number of fused-ring (bicyclic) bond motifs is 2. The van der Waals surface area contributed by atoms with Crippen LogP contribution in [0.15, 0.2) is 52.4 Å². The molecular weight excluding hydrogens is 653 g/mol. The summed E-state index contributed by atoms with van der Waals surface area (Å²) >= 11 is 2.83. The third-order valence-corrected chi connectivity index (χ3v) is 12.6. The van der Waals surface area contributed by atoms with E-state index < -0.39 is 51.3 Å². The number of aliphatic hydroxyl groups excluding tert-OH is 1. The number of hydrogen-bond acceptors (Lipinski definition) is 10. The van der Waals surface area contributed by atoms with Crippen molar-refractivity contribution in [2.24, 2.45) is 11.3 Å². The molecule has 0 spiro atoms. The van der Waals surface area contributed by atoms with E-state index in [9.17, 15) is 33.0 Å². The number of aromatic nitrogens is 2. The number of rotatable bonds is 14. The summed E-state index contributed by atoms with van der Waals surface area (Å²) in [5.41, 5.74) is -0.514. The second-order valence-electron chi connectivity index (χ2n) is 11.7. The van der Waals surface area contributed by atoms with Gasteiger partial charge in [0.1, 0.15) is 21.9 Å². The number of benzene rings is 1. The number of β-lactam (4-membered cyclic amide) rings is 1. The number of thioether (sulfide) groups is 1. The number of thiazole rings is 1. The van der Waals surface area contributed by atoms with E-state index in [0.29, 0.717) is 36.4 Å². The maximum atomic E-state index is 13.2. The van der Waals surface area contributed by atoms with E-state index in [1.54, 1.807) is 12.5 Å². The quantitative estimate of drug-likeness (QED) is 0.143. The number of aliphatic hydroxyl groups is 1. The Balaban J connectivity index is 1.41. The van der Waals surface area contributed by atoms with Gasteiger partial charge in [0.25, 0.3) is 0 Å². The highest BCUT2D eigenvalue weighted by Gasteiger charge is 2.66. The lowest BCUT2D eigenvalue weighted by Gasteiger charge is -2.50. The van der Waals surface area contributed by atoms with Crippen molar-refractivity contribution in [2.75, 3.05) is 26.0 Å². The largest absolute Gasteiger partial charge is 0.477 e. The van der Waals surface area contributed by atoms with Crippen LogP contribution in [0.3, 0.4) is 0 Å². The van der Waals surface area contributed by atoms with E-state index in [1.807, 2.05) is 31.4 Å². The molecule has 0 aliphatic carbocycles. The smallest absolute Gasteiger partial charge is 0.352 e. The Labute approximate surface area is 276 Å². The van der Waals surface area contributed by atoms with Crippen LogP contribution in [-0.4, -0.2) is 93.2 Å². The SMILES string of the molecule is CCCN(CCC)S(=O)(=O)c1ccc(C(=O)OCC[C@@]2(C)C(c3cn4cnc(SC)c4s3)=C(C(=O)O)N3C(=O)[C@H](C(C)O)[C@@H]32)cc1. The molecule has 46 heavy (non-hydrogen) atoms. The molecule has 3 aromatic rings. The minimum Gasteiger partial charge on any atom is -0.477 e. The highest BCUT2D eigenvalue weighted by Crippen LogP contribution is 2.60. The van der Waals surface area contributed by atoms with E-state index in [2.05, 4.69) is 4.98 Å². The standard InChI is InChI=1S/C31H38N4O8S3/c1-6-13-34(14-7-2)46(41,42)20-10-8-19(9-11-20)30(40)43-15-12-31(4)23(21-16-33-17-32-26(44-5)28(33)45-21)24(29(38)39)35-25(31)22(18(3)36)27(35)37/h8-11,16-18,22,25,36H,6-7,12-15H2,1-5H3,(H,38,39)/t18?,22-,25-,31+/m1/s1.